The molecule has 0 spiro atoms. The molecule has 0 N–H and O–H groups in total. The number of hydrogen-bond donors (Lipinski definition) is 0. The summed E-state index contributed by atoms with van der Waals surface area (Å²) in [6.45, 7) is 2.47. The van der Waals surface area contributed by atoms with Crippen LogP contribution in [-0.2, 0) is 11.3 Å². The summed E-state index contributed by atoms with van der Waals surface area (Å²) >= 11 is 0. The number of likely N-dealkylation sites (tertiary alicyclic amines) is 1. The molecule has 0 aliphatic carbocycles. The number of carbonyl (C=O) groups excluding carboxylic acids is 1. The van der Waals surface area contributed by atoms with Crippen LogP contribution in [0.5, 0.6) is 11.5 Å². The van der Waals surface area contributed by atoms with E-state index in [1.54, 1.807) is 25.4 Å². The fourth-order valence-electron chi connectivity index (χ4n) is 2.87. The van der Waals surface area contributed by atoms with Crippen molar-refractivity contribution in [1.82, 2.24) is 19.9 Å². The van der Waals surface area contributed by atoms with Crippen LogP contribution in [0.4, 0.5) is 0 Å². The summed E-state index contributed by atoms with van der Waals surface area (Å²) in [7, 11) is 1.62. The van der Waals surface area contributed by atoms with Gasteiger partial charge in [0.1, 0.15) is 11.5 Å². The zero-order valence-corrected chi connectivity index (χ0v) is 13.8. The molecule has 0 saturated carbocycles. The van der Waals surface area contributed by atoms with Crippen LogP contribution in [0, 0.1) is 5.92 Å². The number of piperidine rings is 1. The molecular weight excluding hydrogens is 308 g/mol. The number of amides is 1. The van der Waals surface area contributed by atoms with E-state index in [1.165, 1.54) is 0 Å². The monoisotopic (exact) mass is 330 g/mol. The molecule has 2 heterocycles. The third-order valence-electron chi connectivity index (χ3n) is 4.31. The summed E-state index contributed by atoms with van der Waals surface area (Å²) in [6, 6.07) is 7.23. The minimum absolute atomic E-state index is 0.0324. The lowest BCUT2D eigenvalue weighted by Gasteiger charge is -2.31. The van der Waals surface area contributed by atoms with Gasteiger partial charge in [-0.3, -0.25) is 9.48 Å². The Hall–Kier alpha value is -2.57. The van der Waals surface area contributed by atoms with Crippen molar-refractivity contribution in [3.63, 3.8) is 0 Å². The molecule has 1 aliphatic rings. The number of aromatic nitrogens is 3. The van der Waals surface area contributed by atoms with Crippen molar-refractivity contribution in [3.8, 4) is 11.5 Å². The zero-order chi connectivity index (χ0) is 16.8. The lowest BCUT2D eigenvalue weighted by molar-refractivity contribution is -0.134. The molecule has 0 bridgehead atoms. The fraction of sp³-hybridized carbons (Fsp3) is 0.471. The van der Waals surface area contributed by atoms with Crippen molar-refractivity contribution in [1.29, 1.82) is 0 Å². The van der Waals surface area contributed by atoms with Gasteiger partial charge in [-0.25, -0.2) is 0 Å². The number of carbonyl (C=O) groups is 1. The maximum Gasteiger partial charge on any atom is 0.260 e. The highest BCUT2D eigenvalue weighted by atomic mass is 16.5. The summed E-state index contributed by atoms with van der Waals surface area (Å²) in [4.78, 5) is 14.1. The largest absolute Gasteiger partial charge is 0.497 e. The quantitative estimate of drug-likeness (QED) is 0.805. The first-order chi connectivity index (χ1) is 11.7. The van der Waals surface area contributed by atoms with E-state index in [0.29, 0.717) is 11.7 Å². The van der Waals surface area contributed by atoms with Crippen LogP contribution in [0.15, 0.2) is 36.7 Å². The Labute approximate surface area is 141 Å². The van der Waals surface area contributed by atoms with Gasteiger partial charge in [0.05, 0.1) is 13.3 Å². The molecule has 1 saturated heterocycles. The third-order valence-corrected chi connectivity index (χ3v) is 4.31. The van der Waals surface area contributed by atoms with Gasteiger partial charge in [-0.2, -0.15) is 0 Å². The van der Waals surface area contributed by atoms with Crippen molar-refractivity contribution < 1.29 is 14.3 Å². The van der Waals surface area contributed by atoms with Crippen molar-refractivity contribution >= 4 is 5.91 Å². The molecule has 1 amide bonds. The molecule has 0 atom stereocenters. The molecule has 128 valence electrons. The molecule has 24 heavy (non-hydrogen) atoms. The smallest absolute Gasteiger partial charge is 0.260 e. The first-order valence-corrected chi connectivity index (χ1v) is 8.13. The van der Waals surface area contributed by atoms with E-state index in [9.17, 15) is 4.79 Å². The number of ether oxygens (including phenoxy) is 2. The van der Waals surface area contributed by atoms with E-state index >= 15 is 0 Å². The van der Waals surface area contributed by atoms with Crippen LogP contribution in [0.1, 0.15) is 12.8 Å². The molecule has 0 unspecified atom stereocenters. The fourth-order valence-corrected chi connectivity index (χ4v) is 2.87. The van der Waals surface area contributed by atoms with Gasteiger partial charge < -0.3 is 14.4 Å². The van der Waals surface area contributed by atoms with Crippen LogP contribution in [-0.4, -0.2) is 52.6 Å². The number of hydrogen-bond acceptors (Lipinski definition) is 5. The van der Waals surface area contributed by atoms with Crippen molar-refractivity contribution in [2.45, 2.75) is 19.4 Å². The summed E-state index contributed by atoms with van der Waals surface area (Å²) in [5.74, 6) is 2.01. The minimum atomic E-state index is 0.0324. The molecule has 1 aromatic heterocycles. The van der Waals surface area contributed by atoms with Crippen LogP contribution >= 0.6 is 0 Å². The second kappa shape index (κ2) is 7.81. The lowest BCUT2D eigenvalue weighted by atomic mass is 9.97. The molecule has 2 aromatic rings. The average Bonchev–Trinajstić information content (AvgIpc) is 3.14. The Kier molecular flexibility index (Phi) is 5.30. The van der Waals surface area contributed by atoms with E-state index in [4.69, 9.17) is 9.47 Å². The van der Waals surface area contributed by atoms with Crippen LogP contribution in [0.25, 0.3) is 0 Å². The van der Waals surface area contributed by atoms with Gasteiger partial charge in [-0.1, -0.05) is 5.21 Å². The van der Waals surface area contributed by atoms with Gasteiger partial charge in [-0.15, -0.1) is 5.10 Å². The SMILES string of the molecule is COc1ccc(OCC(=O)N2CCC(Cn3ccnn3)CC2)cc1. The van der Waals surface area contributed by atoms with Gasteiger partial charge in [0.15, 0.2) is 6.61 Å². The van der Waals surface area contributed by atoms with Crippen LogP contribution in [0.2, 0.25) is 0 Å². The molecule has 0 radical (unpaired) electrons. The van der Waals surface area contributed by atoms with Gasteiger partial charge in [-0.05, 0) is 43.0 Å². The van der Waals surface area contributed by atoms with Crippen LogP contribution < -0.4 is 9.47 Å². The van der Waals surface area contributed by atoms with E-state index in [2.05, 4.69) is 10.3 Å². The molecule has 1 fully saturated rings. The molecular formula is C17H22N4O3. The predicted molar refractivity (Wildman–Crippen MR) is 87.8 cm³/mol. The normalized spacial score (nSPS) is 15.3. The Bertz CT molecular complexity index is 634. The van der Waals surface area contributed by atoms with Gasteiger partial charge in [0, 0.05) is 25.8 Å². The Morgan fingerprint density at radius 3 is 2.54 bits per heavy atom. The van der Waals surface area contributed by atoms with Gasteiger partial charge in [0.25, 0.3) is 5.91 Å². The summed E-state index contributed by atoms with van der Waals surface area (Å²) in [6.07, 6.45) is 5.53. The van der Waals surface area contributed by atoms with Crippen molar-refractivity contribution in [2.24, 2.45) is 5.92 Å². The van der Waals surface area contributed by atoms with Crippen LogP contribution in [0.3, 0.4) is 0 Å². The van der Waals surface area contributed by atoms with Gasteiger partial charge >= 0.3 is 0 Å². The second-order valence-corrected chi connectivity index (χ2v) is 5.91. The summed E-state index contributed by atoms with van der Waals surface area (Å²) in [5.41, 5.74) is 0. The van der Waals surface area contributed by atoms with E-state index in [1.807, 2.05) is 27.9 Å². The molecule has 7 heteroatoms. The summed E-state index contributed by atoms with van der Waals surface area (Å²) < 4.78 is 12.5. The number of benzene rings is 1. The minimum Gasteiger partial charge on any atom is -0.497 e. The number of rotatable bonds is 6. The Balaban J connectivity index is 1.41. The van der Waals surface area contributed by atoms with E-state index in [-0.39, 0.29) is 12.5 Å². The standard InChI is InChI=1S/C17H22N4O3/c1-23-15-2-4-16(5-3-15)24-13-17(22)20-9-6-14(7-10-20)12-21-11-8-18-19-21/h2-5,8,11,14H,6-7,9-10,12-13H2,1H3. The first-order valence-electron chi connectivity index (χ1n) is 8.13. The predicted octanol–water partition coefficient (Wildman–Crippen LogP) is 1.60. The Morgan fingerprint density at radius 1 is 1.21 bits per heavy atom. The highest BCUT2D eigenvalue weighted by Crippen LogP contribution is 2.20. The first kappa shape index (κ1) is 16.3. The lowest BCUT2D eigenvalue weighted by Crippen LogP contribution is -2.41. The molecule has 3 rings (SSSR count). The maximum atomic E-state index is 12.3. The highest BCUT2D eigenvalue weighted by Gasteiger charge is 2.23. The molecule has 7 nitrogen and oxygen atoms in total. The molecule has 1 aromatic carbocycles. The number of methoxy groups -OCH3 is 1. The van der Waals surface area contributed by atoms with Crippen molar-refractivity contribution in [3.05, 3.63) is 36.7 Å². The summed E-state index contributed by atoms with van der Waals surface area (Å²) in [5, 5.41) is 7.82. The Morgan fingerprint density at radius 2 is 1.92 bits per heavy atom. The highest BCUT2D eigenvalue weighted by molar-refractivity contribution is 5.77. The topological polar surface area (TPSA) is 69.5 Å². The van der Waals surface area contributed by atoms with E-state index in [0.717, 1.165) is 38.2 Å². The second-order valence-electron chi connectivity index (χ2n) is 5.91. The van der Waals surface area contributed by atoms with Crippen molar-refractivity contribution in [2.75, 3.05) is 26.8 Å². The maximum absolute atomic E-state index is 12.3. The zero-order valence-electron chi connectivity index (χ0n) is 13.8. The average molecular weight is 330 g/mol. The van der Waals surface area contributed by atoms with Gasteiger partial charge in [0.2, 0.25) is 0 Å². The third kappa shape index (κ3) is 4.24. The van der Waals surface area contributed by atoms with E-state index < -0.39 is 0 Å². The number of nitrogens with zero attached hydrogens (tertiary/aromatic N) is 4. The molecule has 1 aliphatic heterocycles.